The number of rotatable bonds is 0. The first-order chi connectivity index (χ1) is 4.41. The molecule has 1 N–H and O–H groups in total. The first-order valence-electron chi connectivity index (χ1n) is 1.91. The number of hydrogen-bond acceptors (Lipinski definition) is 2. The van der Waals surface area contributed by atoms with Crippen molar-refractivity contribution in [2.45, 2.75) is 0 Å². The van der Waals surface area contributed by atoms with E-state index in [0.717, 1.165) is 0 Å². The van der Waals surface area contributed by atoms with Crippen LogP contribution in [0.1, 0.15) is 0 Å². The molecule has 3 heteroatoms. The molecule has 0 fully saturated rings. The SMILES string of the molecule is C=C.C=C.C=C.N=[P+]=O. The molecule has 0 aromatic carbocycles. The molecule has 0 unspecified atom stereocenters. The van der Waals surface area contributed by atoms with E-state index in [1.54, 1.807) is 0 Å². The molecule has 0 radical (unpaired) electrons. The van der Waals surface area contributed by atoms with E-state index in [1.807, 2.05) is 0 Å². The summed E-state index contributed by atoms with van der Waals surface area (Å²) in [7, 11) is -0.583. The summed E-state index contributed by atoms with van der Waals surface area (Å²) < 4.78 is 8.57. The summed E-state index contributed by atoms with van der Waals surface area (Å²) in [5.74, 6) is 0. The minimum absolute atomic E-state index is 0.583. The Morgan fingerprint density at radius 2 is 0.889 bits per heavy atom. The van der Waals surface area contributed by atoms with Crippen molar-refractivity contribution in [2.24, 2.45) is 0 Å². The summed E-state index contributed by atoms with van der Waals surface area (Å²) in [4.78, 5) is 0. The van der Waals surface area contributed by atoms with Gasteiger partial charge in [0, 0.05) is 0 Å². The van der Waals surface area contributed by atoms with Crippen molar-refractivity contribution in [1.29, 1.82) is 5.16 Å². The quantitative estimate of drug-likeness (QED) is 0.412. The summed E-state index contributed by atoms with van der Waals surface area (Å²) in [5.41, 5.74) is 0. The molecule has 9 heavy (non-hydrogen) atoms. The van der Waals surface area contributed by atoms with Crippen LogP contribution in [0.5, 0.6) is 0 Å². The molecular formula is C6H13NOP+. The molecule has 0 atom stereocenters. The number of nitrogens with one attached hydrogen (secondary N) is 1. The van der Waals surface area contributed by atoms with Crippen LogP contribution in [0.25, 0.3) is 0 Å². The second-order valence-corrected chi connectivity index (χ2v) is 0.274. The average molecular weight is 146 g/mol. The molecule has 0 saturated carbocycles. The summed E-state index contributed by atoms with van der Waals surface area (Å²) in [6.45, 7) is 18.0. The predicted octanol–water partition coefficient (Wildman–Crippen LogP) is 3.45. The summed E-state index contributed by atoms with van der Waals surface area (Å²) in [5, 5.41) is 5.62. The van der Waals surface area contributed by atoms with Gasteiger partial charge in [-0.05, 0) is 0 Å². The van der Waals surface area contributed by atoms with Gasteiger partial charge in [-0.25, -0.2) is 0 Å². The van der Waals surface area contributed by atoms with Crippen LogP contribution in [0.2, 0.25) is 0 Å². The van der Waals surface area contributed by atoms with Crippen molar-refractivity contribution < 1.29 is 4.57 Å². The van der Waals surface area contributed by atoms with Crippen LogP contribution in [0.3, 0.4) is 0 Å². The van der Waals surface area contributed by atoms with Gasteiger partial charge in [0.25, 0.3) is 0 Å². The number of hydrogen-bond donors (Lipinski definition) is 1. The third-order valence-electron chi connectivity index (χ3n) is 0. The van der Waals surface area contributed by atoms with E-state index < -0.39 is 8.25 Å². The molecule has 0 heterocycles. The van der Waals surface area contributed by atoms with E-state index in [-0.39, 0.29) is 0 Å². The third-order valence-corrected chi connectivity index (χ3v) is 0. The fourth-order valence-corrected chi connectivity index (χ4v) is 0. The Labute approximate surface area is 58.3 Å². The van der Waals surface area contributed by atoms with Gasteiger partial charge in [-0.2, -0.15) is 0 Å². The molecule has 0 bridgehead atoms. The van der Waals surface area contributed by atoms with Crippen LogP contribution in [-0.4, -0.2) is 0 Å². The molecule has 0 aliphatic rings. The van der Waals surface area contributed by atoms with Gasteiger partial charge >= 0.3 is 18.0 Å². The molecule has 0 spiro atoms. The van der Waals surface area contributed by atoms with Crippen LogP contribution < -0.4 is 0 Å². The maximum absolute atomic E-state index is 8.57. The molecule has 0 aliphatic carbocycles. The molecule has 52 valence electrons. The van der Waals surface area contributed by atoms with Crippen LogP contribution in [0, 0.1) is 5.16 Å². The molecule has 0 rings (SSSR count). The van der Waals surface area contributed by atoms with E-state index in [0.29, 0.717) is 0 Å². The van der Waals surface area contributed by atoms with Gasteiger partial charge in [-0.1, -0.05) is 0 Å². The van der Waals surface area contributed by atoms with Crippen molar-refractivity contribution in [2.75, 3.05) is 0 Å². The molecule has 0 aromatic heterocycles. The predicted molar refractivity (Wildman–Crippen MR) is 44.1 cm³/mol. The van der Waals surface area contributed by atoms with Gasteiger partial charge in [0.05, 0.1) is 0 Å². The summed E-state index contributed by atoms with van der Waals surface area (Å²) in [6, 6.07) is 0. The van der Waals surface area contributed by atoms with Gasteiger partial charge in [0.1, 0.15) is 0 Å². The van der Waals surface area contributed by atoms with Crippen molar-refractivity contribution in [3.8, 4) is 0 Å². The summed E-state index contributed by atoms with van der Waals surface area (Å²) >= 11 is 0. The van der Waals surface area contributed by atoms with E-state index in [2.05, 4.69) is 39.5 Å². The Hall–Kier alpha value is -0.750. The van der Waals surface area contributed by atoms with Gasteiger partial charge in [0.15, 0.2) is 0 Å². The Balaban J connectivity index is -0.0000000190. The first kappa shape index (κ1) is 24.0. The fourth-order valence-electron chi connectivity index (χ4n) is 0. The van der Waals surface area contributed by atoms with E-state index >= 15 is 0 Å². The topological polar surface area (TPSA) is 40.9 Å². The van der Waals surface area contributed by atoms with Gasteiger partial charge in [-0.3, -0.25) is 0 Å². The normalized spacial score (nSPS) is 2.67. The zero-order valence-electron chi connectivity index (χ0n) is 5.60. The first-order valence-corrected chi connectivity index (χ1v) is 2.72. The van der Waals surface area contributed by atoms with E-state index in [9.17, 15) is 0 Å². The third kappa shape index (κ3) is 355. The van der Waals surface area contributed by atoms with Crippen LogP contribution >= 0.6 is 8.25 Å². The van der Waals surface area contributed by atoms with Gasteiger partial charge < -0.3 is 0 Å². The second kappa shape index (κ2) is 4530. The van der Waals surface area contributed by atoms with Crippen molar-refractivity contribution in [3.63, 3.8) is 0 Å². The zero-order valence-corrected chi connectivity index (χ0v) is 6.49. The Bertz CT molecular complexity index is 55.3. The van der Waals surface area contributed by atoms with Gasteiger partial charge in [-0.15, -0.1) is 39.5 Å². The minimum atomic E-state index is -0.583. The molecule has 0 amide bonds. The van der Waals surface area contributed by atoms with Crippen LogP contribution in [0.15, 0.2) is 39.5 Å². The monoisotopic (exact) mass is 146 g/mol. The van der Waals surface area contributed by atoms with Crippen LogP contribution in [-0.2, 0) is 4.57 Å². The average Bonchev–Trinajstić information content (AvgIpc) is 2.01. The van der Waals surface area contributed by atoms with E-state index in [4.69, 9.17) is 9.73 Å². The van der Waals surface area contributed by atoms with Crippen LogP contribution in [0.4, 0.5) is 0 Å². The Morgan fingerprint density at radius 3 is 0.889 bits per heavy atom. The molecule has 0 aliphatic heterocycles. The fraction of sp³-hybridized carbons (Fsp3) is 0. The van der Waals surface area contributed by atoms with Crippen molar-refractivity contribution in [3.05, 3.63) is 39.5 Å². The Morgan fingerprint density at radius 1 is 0.889 bits per heavy atom. The van der Waals surface area contributed by atoms with E-state index in [1.165, 1.54) is 0 Å². The van der Waals surface area contributed by atoms with Crippen molar-refractivity contribution in [1.82, 2.24) is 0 Å². The summed E-state index contributed by atoms with van der Waals surface area (Å²) in [6.07, 6.45) is 0. The standard InChI is InChI=1S/3C2H4.HNOP/c3*1-2;1-3-2/h3*1-2H2;1H/q;;;+1. The molecule has 0 aromatic rings. The molecular weight excluding hydrogens is 133 g/mol. The van der Waals surface area contributed by atoms with Gasteiger partial charge in [0.2, 0.25) is 0 Å². The van der Waals surface area contributed by atoms with Crippen molar-refractivity contribution >= 4 is 8.25 Å². The zero-order chi connectivity index (χ0) is 8.71. The maximum atomic E-state index is 8.57. The Kier molecular flexibility index (Phi) is 12100. The molecule has 2 nitrogen and oxygen atoms in total. The second-order valence-electron chi connectivity index (χ2n) is 0.0913. The molecule has 0 saturated heterocycles.